The van der Waals surface area contributed by atoms with Crippen LogP contribution in [-0.2, 0) is 19.0 Å². The Hall–Kier alpha value is -0.450. The molecule has 0 saturated carbocycles. The zero-order valence-corrected chi connectivity index (χ0v) is 8.12. The van der Waals surface area contributed by atoms with E-state index in [1.165, 1.54) is 14.2 Å². The van der Waals surface area contributed by atoms with E-state index in [0.717, 1.165) is 6.42 Å². The summed E-state index contributed by atoms with van der Waals surface area (Å²) in [6, 6.07) is 0. The highest BCUT2D eigenvalue weighted by atomic mass is 16.7. The van der Waals surface area contributed by atoms with E-state index in [-0.39, 0.29) is 11.7 Å². The molecule has 1 heterocycles. The lowest BCUT2D eigenvalue weighted by Crippen LogP contribution is -2.23. The van der Waals surface area contributed by atoms with Crippen molar-refractivity contribution in [2.24, 2.45) is 5.92 Å². The molecule has 0 aliphatic carbocycles. The molecule has 0 aromatic carbocycles. The van der Waals surface area contributed by atoms with Gasteiger partial charge in [-0.2, -0.15) is 0 Å². The number of carbonyl (C=O) groups excluding carboxylic acids is 1. The normalized spacial score (nSPS) is 22.5. The van der Waals surface area contributed by atoms with Crippen LogP contribution in [0, 0.1) is 5.92 Å². The number of Topliss-reactive ketones (excluding diaryl/α,β-unsaturated/α-hetero) is 1. The molecule has 0 aromatic heterocycles. The van der Waals surface area contributed by atoms with Gasteiger partial charge in [-0.1, -0.05) is 0 Å². The van der Waals surface area contributed by atoms with Crippen molar-refractivity contribution in [2.75, 3.05) is 27.4 Å². The topological polar surface area (TPSA) is 44.8 Å². The van der Waals surface area contributed by atoms with Gasteiger partial charge in [0.1, 0.15) is 5.78 Å². The third-order valence-electron chi connectivity index (χ3n) is 2.28. The fourth-order valence-electron chi connectivity index (χ4n) is 1.38. The fraction of sp³-hybridized carbons (Fsp3) is 0.889. The number of hydrogen-bond donors (Lipinski definition) is 0. The predicted octanol–water partition coefficient (Wildman–Crippen LogP) is 0.601. The molecule has 1 atom stereocenters. The molecule has 1 aliphatic heterocycles. The van der Waals surface area contributed by atoms with Crippen LogP contribution in [0.3, 0.4) is 0 Å². The highest BCUT2D eigenvalue weighted by Crippen LogP contribution is 2.16. The molecule has 0 N–H and O–H groups in total. The van der Waals surface area contributed by atoms with Gasteiger partial charge >= 0.3 is 0 Å². The Bertz CT molecular complexity index is 159. The monoisotopic (exact) mass is 188 g/mol. The van der Waals surface area contributed by atoms with Crippen molar-refractivity contribution in [2.45, 2.75) is 19.1 Å². The molecule has 1 aliphatic rings. The van der Waals surface area contributed by atoms with E-state index in [9.17, 15) is 4.79 Å². The van der Waals surface area contributed by atoms with Crippen LogP contribution >= 0.6 is 0 Å². The number of ether oxygens (including phenoxy) is 3. The van der Waals surface area contributed by atoms with Gasteiger partial charge in [-0.25, -0.2) is 0 Å². The lowest BCUT2D eigenvalue weighted by molar-refractivity contribution is -0.140. The lowest BCUT2D eigenvalue weighted by Gasteiger charge is -2.14. The molecule has 1 fully saturated rings. The van der Waals surface area contributed by atoms with Crippen molar-refractivity contribution in [3.05, 3.63) is 0 Å². The molecule has 1 unspecified atom stereocenters. The smallest absolute Gasteiger partial charge is 0.163 e. The second-order valence-electron chi connectivity index (χ2n) is 3.13. The minimum absolute atomic E-state index is 0.0489. The van der Waals surface area contributed by atoms with Crippen LogP contribution in [0.5, 0.6) is 0 Å². The van der Waals surface area contributed by atoms with E-state index in [4.69, 9.17) is 14.2 Å². The summed E-state index contributed by atoms with van der Waals surface area (Å²) < 4.78 is 15.0. The Kier molecular flexibility index (Phi) is 4.35. The summed E-state index contributed by atoms with van der Waals surface area (Å²) in [5.74, 6) is 0.221. The van der Waals surface area contributed by atoms with Crippen LogP contribution in [0.25, 0.3) is 0 Å². The van der Waals surface area contributed by atoms with Crippen molar-refractivity contribution < 1.29 is 19.0 Å². The molecule has 0 radical (unpaired) electrons. The van der Waals surface area contributed by atoms with Gasteiger partial charge in [0.05, 0.1) is 13.0 Å². The summed E-state index contributed by atoms with van der Waals surface area (Å²) in [4.78, 5) is 11.5. The first kappa shape index (κ1) is 10.6. The van der Waals surface area contributed by atoms with Crippen molar-refractivity contribution in [1.82, 2.24) is 0 Å². The Morgan fingerprint density at radius 3 is 2.69 bits per heavy atom. The van der Waals surface area contributed by atoms with Gasteiger partial charge in [0.15, 0.2) is 6.29 Å². The molecule has 13 heavy (non-hydrogen) atoms. The van der Waals surface area contributed by atoms with Gasteiger partial charge in [0.25, 0.3) is 0 Å². The average Bonchev–Trinajstić information content (AvgIpc) is 2.66. The Labute approximate surface area is 78.2 Å². The first-order valence-corrected chi connectivity index (χ1v) is 4.44. The highest BCUT2D eigenvalue weighted by Gasteiger charge is 2.25. The standard InChI is InChI=1S/C9H16O4/c1-11-9(12-2)5-8(10)7-3-4-13-6-7/h7,9H,3-6H2,1-2H3. The third kappa shape index (κ3) is 3.06. The summed E-state index contributed by atoms with van der Waals surface area (Å²) in [5.41, 5.74) is 0. The van der Waals surface area contributed by atoms with E-state index in [2.05, 4.69) is 0 Å². The molecular weight excluding hydrogens is 172 g/mol. The number of hydrogen-bond acceptors (Lipinski definition) is 4. The second-order valence-corrected chi connectivity index (χ2v) is 3.13. The zero-order valence-electron chi connectivity index (χ0n) is 8.12. The number of methoxy groups -OCH3 is 2. The lowest BCUT2D eigenvalue weighted by atomic mass is 10.0. The largest absolute Gasteiger partial charge is 0.381 e. The van der Waals surface area contributed by atoms with Gasteiger partial charge in [-0.15, -0.1) is 0 Å². The molecule has 0 aromatic rings. The van der Waals surface area contributed by atoms with Crippen molar-refractivity contribution >= 4 is 5.78 Å². The highest BCUT2D eigenvalue weighted by molar-refractivity contribution is 5.81. The second kappa shape index (κ2) is 5.32. The molecule has 0 amide bonds. The van der Waals surface area contributed by atoms with E-state index >= 15 is 0 Å². The van der Waals surface area contributed by atoms with Gasteiger partial charge in [0.2, 0.25) is 0 Å². The Balaban J connectivity index is 2.30. The first-order valence-electron chi connectivity index (χ1n) is 4.44. The predicted molar refractivity (Wildman–Crippen MR) is 46.4 cm³/mol. The maximum Gasteiger partial charge on any atom is 0.163 e. The molecule has 0 bridgehead atoms. The first-order chi connectivity index (χ1) is 6.27. The summed E-state index contributed by atoms with van der Waals surface area (Å²) in [5, 5.41) is 0. The van der Waals surface area contributed by atoms with Crippen LogP contribution in [0.2, 0.25) is 0 Å². The molecule has 4 heteroatoms. The van der Waals surface area contributed by atoms with Gasteiger partial charge < -0.3 is 14.2 Å². The minimum Gasteiger partial charge on any atom is -0.381 e. The zero-order chi connectivity index (χ0) is 9.68. The molecule has 76 valence electrons. The van der Waals surface area contributed by atoms with Gasteiger partial charge in [-0.05, 0) is 6.42 Å². The summed E-state index contributed by atoms with van der Waals surface area (Å²) in [7, 11) is 3.07. The third-order valence-corrected chi connectivity index (χ3v) is 2.28. The van der Waals surface area contributed by atoms with Gasteiger partial charge in [0, 0.05) is 26.7 Å². The maximum absolute atomic E-state index is 11.5. The summed E-state index contributed by atoms with van der Waals surface area (Å²) in [6.07, 6.45) is 0.744. The summed E-state index contributed by atoms with van der Waals surface area (Å²) in [6.45, 7) is 1.25. The van der Waals surface area contributed by atoms with Crippen LogP contribution in [0.4, 0.5) is 0 Å². The van der Waals surface area contributed by atoms with Crippen molar-refractivity contribution in [3.8, 4) is 0 Å². The van der Waals surface area contributed by atoms with Crippen molar-refractivity contribution in [3.63, 3.8) is 0 Å². The number of ketones is 1. The van der Waals surface area contributed by atoms with E-state index < -0.39 is 6.29 Å². The average molecular weight is 188 g/mol. The molecule has 1 saturated heterocycles. The van der Waals surface area contributed by atoms with E-state index in [0.29, 0.717) is 19.6 Å². The van der Waals surface area contributed by atoms with Crippen LogP contribution in [0.1, 0.15) is 12.8 Å². The summed E-state index contributed by atoms with van der Waals surface area (Å²) >= 11 is 0. The van der Waals surface area contributed by atoms with E-state index in [1.807, 2.05) is 0 Å². The minimum atomic E-state index is -0.409. The van der Waals surface area contributed by atoms with Crippen LogP contribution < -0.4 is 0 Å². The van der Waals surface area contributed by atoms with Crippen LogP contribution in [-0.4, -0.2) is 39.5 Å². The quantitative estimate of drug-likeness (QED) is 0.593. The van der Waals surface area contributed by atoms with E-state index in [1.54, 1.807) is 0 Å². The Morgan fingerprint density at radius 1 is 1.54 bits per heavy atom. The number of rotatable bonds is 5. The fourth-order valence-corrected chi connectivity index (χ4v) is 1.38. The van der Waals surface area contributed by atoms with Gasteiger partial charge in [-0.3, -0.25) is 4.79 Å². The Morgan fingerprint density at radius 2 is 2.23 bits per heavy atom. The molecule has 4 nitrogen and oxygen atoms in total. The molecule has 1 rings (SSSR count). The molecule has 0 spiro atoms. The maximum atomic E-state index is 11.5. The molecular formula is C9H16O4. The number of carbonyl (C=O) groups is 1. The SMILES string of the molecule is COC(CC(=O)C1CCOC1)OC. The van der Waals surface area contributed by atoms with Crippen molar-refractivity contribution in [1.29, 1.82) is 0 Å². The van der Waals surface area contributed by atoms with Crippen LogP contribution in [0.15, 0.2) is 0 Å².